The van der Waals surface area contributed by atoms with E-state index in [9.17, 15) is 14.7 Å². The maximum atomic E-state index is 13.1. The quantitative estimate of drug-likeness (QED) is 0.447. The Morgan fingerprint density at radius 1 is 1.27 bits per heavy atom. The maximum absolute atomic E-state index is 13.1. The third-order valence-corrected chi connectivity index (χ3v) is 7.98. The first-order chi connectivity index (χ1) is 14.3. The number of hydrogen-bond donors (Lipinski definition) is 1. The number of aromatic nitrogens is 1. The number of carboxylic acid groups (broad SMARTS) is 1. The highest BCUT2D eigenvalue weighted by molar-refractivity contribution is 8.01. The molecule has 156 valence electrons. The van der Waals surface area contributed by atoms with E-state index in [1.54, 1.807) is 25.3 Å². The topological polar surface area (TPSA) is 79.7 Å². The first-order valence-corrected chi connectivity index (χ1v) is 11.4. The minimum atomic E-state index is -1.03. The number of anilines is 1. The molecule has 0 saturated carbocycles. The van der Waals surface area contributed by atoms with Gasteiger partial charge in [-0.3, -0.25) is 9.59 Å². The van der Waals surface area contributed by atoms with Crippen molar-refractivity contribution >= 4 is 85.7 Å². The van der Waals surface area contributed by atoms with E-state index in [0.717, 1.165) is 9.60 Å². The van der Waals surface area contributed by atoms with E-state index in [4.69, 9.17) is 39.5 Å². The van der Waals surface area contributed by atoms with Gasteiger partial charge in [-0.15, -0.1) is 23.1 Å². The van der Waals surface area contributed by atoms with Gasteiger partial charge in [0.1, 0.15) is 16.3 Å². The van der Waals surface area contributed by atoms with E-state index in [-0.39, 0.29) is 28.9 Å². The molecule has 11 heteroatoms. The second kappa shape index (κ2) is 8.43. The zero-order valence-electron chi connectivity index (χ0n) is 15.3. The normalized spacial score (nSPS) is 16.1. The van der Waals surface area contributed by atoms with Gasteiger partial charge < -0.3 is 14.7 Å². The highest BCUT2D eigenvalue weighted by Crippen LogP contribution is 2.44. The van der Waals surface area contributed by atoms with Crippen molar-refractivity contribution < 1.29 is 19.4 Å². The monoisotopic (exact) mass is 502 g/mol. The minimum Gasteiger partial charge on any atom is -0.497 e. The maximum Gasteiger partial charge on any atom is 0.305 e. The van der Waals surface area contributed by atoms with Gasteiger partial charge in [0.15, 0.2) is 0 Å². The Labute approximate surface area is 194 Å². The fraction of sp³-hybridized carbons (Fsp3) is 0.211. The number of amides is 1. The molecule has 1 atom stereocenters. The van der Waals surface area contributed by atoms with Crippen molar-refractivity contribution in [1.29, 1.82) is 0 Å². The van der Waals surface area contributed by atoms with E-state index in [1.807, 2.05) is 6.07 Å². The van der Waals surface area contributed by atoms with Crippen LogP contribution in [0.4, 0.5) is 5.69 Å². The number of carbonyl (C=O) groups excluding carboxylic acids is 1. The van der Waals surface area contributed by atoms with Crippen molar-refractivity contribution in [3.63, 3.8) is 0 Å². The van der Waals surface area contributed by atoms with Crippen LogP contribution in [0, 0.1) is 0 Å². The Hall–Kier alpha value is -1.71. The van der Waals surface area contributed by atoms with Gasteiger partial charge in [0.25, 0.3) is 0 Å². The first kappa shape index (κ1) is 21.5. The van der Waals surface area contributed by atoms with Crippen molar-refractivity contribution in [2.45, 2.75) is 23.1 Å². The van der Waals surface area contributed by atoms with Crippen LogP contribution in [0.15, 0.2) is 29.2 Å². The Kier molecular flexibility index (Phi) is 6.05. The second-order valence-electron chi connectivity index (χ2n) is 6.40. The summed E-state index contributed by atoms with van der Waals surface area (Å²) in [7, 11) is 1.54. The highest BCUT2D eigenvalue weighted by atomic mass is 35.5. The Morgan fingerprint density at radius 2 is 2.03 bits per heavy atom. The van der Waals surface area contributed by atoms with E-state index < -0.39 is 11.2 Å². The molecule has 0 spiro atoms. The molecule has 2 aromatic carbocycles. The largest absolute Gasteiger partial charge is 0.497 e. The predicted molar refractivity (Wildman–Crippen MR) is 121 cm³/mol. The van der Waals surface area contributed by atoms with Gasteiger partial charge in [0.2, 0.25) is 5.91 Å². The van der Waals surface area contributed by atoms with Gasteiger partial charge in [-0.2, -0.15) is 0 Å². The van der Waals surface area contributed by atoms with Crippen molar-refractivity contribution in [2.24, 2.45) is 0 Å². The fourth-order valence-corrected chi connectivity index (χ4v) is 6.07. The van der Waals surface area contributed by atoms with Gasteiger partial charge in [0.05, 0.1) is 50.8 Å². The number of thioether (sulfide) groups is 1. The molecule has 30 heavy (non-hydrogen) atoms. The molecular weight excluding hydrogens is 491 g/mol. The second-order valence-corrected chi connectivity index (χ2v) is 9.93. The zero-order chi connectivity index (χ0) is 21.6. The number of carboxylic acids is 1. The third-order valence-electron chi connectivity index (χ3n) is 4.49. The van der Waals surface area contributed by atoms with Crippen molar-refractivity contribution in [3.05, 3.63) is 44.3 Å². The Morgan fingerprint density at radius 3 is 2.73 bits per heavy atom. The lowest BCUT2D eigenvalue weighted by molar-refractivity contribution is -0.138. The smallest absolute Gasteiger partial charge is 0.305 e. The molecular formula is C19H13Cl3N2O4S2. The summed E-state index contributed by atoms with van der Waals surface area (Å²) in [5.74, 6) is -0.742. The van der Waals surface area contributed by atoms with Gasteiger partial charge in [-0.25, -0.2) is 4.98 Å². The molecule has 1 amide bonds. The van der Waals surface area contributed by atoms with E-state index >= 15 is 0 Å². The van der Waals surface area contributed by atoms with Gasteiger partial charge in [0, 0.05) is 11.0 Å². The molecule has 0 radical (unpaired) electrons. The number of benzene rings is 2. The van der Waals surface area contributed by atoms with Crippen molar-refractivity contribution in [1.82, 2.24) is 4.98 Å². The zero-order valence-corrected chi connectivity index (χ0v) is 19.2. The fourth-order valence-electron chi connectivity index (χ4n) is 3.10. The van der Waals surface area contributed by atoms with E-state index in [0.29, 0.717) is 27.0 Å². The van der Waals surface area contributed by atoms with E-state index in [2.05, 4.69) is 4.98 Å². The van der Waals surface area contributed by atoms with Crippen molar-refractivity contribution in [3.8, 4) is 5.75 Å². The molecule has 6 nitrogen and oxygen atoms in total. The van der Waals surface area contributed by atoms with Gasteiger partial charge in [-0.05, 0) is 18.2 Å². The molecule has 0 saturated heterocycles. The third kappa shape index (κ3) is 3.94. The number of halogens is 3. The standard InChI is InChI=1S/C19H13Cl3N2O4S2/c1-28-8-2-3-11-10(4-8)24(19(27)13(29-11)6-15(25)26)7-14-23-18-12(30-14)5-9(20)16(21)17(18)22/h2-5,13H,6-7H2,1H3,(H,25,26). The summed E-state index contributed by atoms with van der Waals surface area (Å²) in [6.45, 7) is 0.153. The summed E-state index contributed by atoms with van der Waals surface area (Å²) < 4.78 is 6.04. The number of fused-ring (bicyclic) bond motifs is 2. The van der Waals surface area contributed by atoms with Crippen LogP contribution in [0.5, 0.6) is 5.75 Å². The average molecular weight is 504 g/mol. The average Bonchev–Trinajstić information content (AvgIpc) is 3.11. The number of methoxy groups -OCH3 is 1. The van der Waals surface area contributed by atoms with Crippen LogP contribution in [0.1, 0.15) is 11.4 Å². The molecule has 0 fully saturated rings. The summed E-state index contributed by atoms with van der Waals surface area (Å²) in [6.07, 6.45) is -0.275. The summed E-state index contributed by atoms with van der Waals surface area (Å²) in [5, 5.41) is 9.91. The summed E-state index contributed by atoms with van der Waals surface area (Å²) in [6, 6.07) is 7.04. The lowest BCUT2D eigenvalue weighted by atomic mass is 10.2. The van der Waals surface area contributed by atoms with E-state index in [1.165, 1.54) is 28.0 Å². The highest BCUT2D eigenvalue weighted by Gasteiger charge is 2.36. The number of rotatable bonds is 5. The van der Waals surface area contributed by atoms with Crippen molar-refractivity contribution in [2.75, 3.05) is 12.0 Å². The van der Waals surface area contributed by atoms with Crippen LogP contribution in [0.2, 0.25) is 15.1 Å². The summed E-state index contributed by atoms with van der Waals surface area (Å²) >= 11 is 21.1. The molecule has 3 aromatic rings. The molecule has 1 aliphatic rings. The number of aliphatic carboxylic acids is 1. The number of ether oxygens (including phenoxy) is 1. The first-order valence-electron chi connectivity index (χ1n) is 8.59. The lowest BCUT2D eigenvalue weighted by Gasteiger charge is -2.33. The Bertz CT molecular complexity index is 1180. The van der Waals surface area contributed by atoms with Crippen LogP contribution in [-0.2, 0) is 16.1 Å². The van der Waals surface area contributed by atoms with Gasteiger partial charge >= 0.3 is 5.97 Å². The van der Waals surface area contributed by atoms with Crippen LogP contribution in [-0.4, -0.2) is 34.3 Å². The molecule has 1 aromatic heterocycles. The van der Waals surface area contributed by atoms with Gasteiger partial charge in [-0.1, -0.05) is 34.8 Å². The molecule has 1 aliphatic heterocycles. The lowest BCUT2D eigenvalue weighted by Crippen LogP contribution is -2.41. The molecule has 1 unspecified atom stereocenters. The molecule has 0 aliphatic carbocycles. The molecule has 2 heterocycles. The Balaban J connectivity index is 1.76. The summed E-state index contributed by atoms with van der Waals surface area (Å²) in [4.78, 5) is 31.3. The van der Waals surface area contributed by atoms with Crippen LogP contribution in [0.3, 0.4) is 0 Å². The molecule has 1 N–H and O–H groups in total. The SMILES string of the molecule is COc1ccc2c(c1)N(Cc1nc3c(Cl)c(Cl)c(Cl)cc3s1)C(=O)C(CC(=O)O)S2. The van der Waals surface area contributed by atoms with Crippen LogP contribution >= 0.6 is 57.9 Å². The summed E-state index contributed by atoms with van der Waals surface area (Å²) in [5.41, 5.74) is 1.16. The predicted octanol–water partition coefficient (Wildman–Crippen LogP) is 5.75. The van der Waals surface area contributed by atoms with Crippen LogP contribution in [0.25, 0.3) is 10.2 Å². The number of thiazole rings is 1. The number of hydrogen-bond acceptors (Lipinski definition) is 6. The van der Waals surface area contributed by atoms with Crippen LogP contribution < -0.4 is 9.64 Å². The number of nitrogens with zero attached hydrogens (tertiary/aromatic N) is 2. The molecule has 4 rings (SSSR count). The molecule has 0 bridgehead atoms. The minimum absolute atomic E-state index is 0.153. The number of carbonyl (C=O) groups is 2.